The Labute approximate surface area is 162 Å². The van der Waals surface area contributed by atoms with Gasteiger partial charge in [0, 0.05) is 24.4 Å². The average Bonchev–Trinajstić information content (AvgIpc) is 3.16. The zero-order valence-electron chi connectivity index (χ0n) is 15.7. The molecule has 3 aromatic rings. The Bertz CT molecular complexity index is 964. The van der Waals surface area contributed by atoms with Crippen LogP contribution in [0.1, 0.15) is 48.5 Å². The maximum atomic E-state index is 12.7. The summed E-state index contributed by atoms with van der Waals surface area (Å²) in [4.78, 5) is 25.4. The molecule has 1 aliphatic heterocycles. The molecule has 1 fully saturated rings. The monoisotopic (exact) mass is 381 g/mol. The lowest BCUT2D eigenvalue weighted by molar-refractivity contribution is -0.166. The van der Waals surface area contributed by atoms with Gasteiger partial charge in [-0.2, -0.15) is 0 Å². The van der Waals surface area contributed by atoms with Gasteiger partial charge in [0.2, 0.25) is 11.6 Å². The molecule has 0 aromatic carbocycles. The van der Waals surface area contributed by atoms with Gasteiger partial charge in [0.1, 0.15) is 11.3 Å². The fraction of sp³-hybridized carbons (Fsp3) is 0.400. The fourth-order valence-corrected chi connectivity index (χ4v) is 3.23. The van der Waals surface area contributed by atoms with E-state index in [0.29, 0.717) is 17.9 Å². The fourth-order valence-electron chi connectivity index (χ4n) is 3.23. The van der Waals surface area contributed by atoms with Gasteiger partial charge in [0.05, 0.1) is 24.5 Å². The van der Waals surface area contributed by atoms with Crippen LogP contribution in [0.4, 0.5) is 5.69 Å². The van der Waals surface area contributed by atoms with Gasteiger partial charge in [0.25, 0.3) is 0 Å². The highest BCUT2D eigenvalue weighted by molar-refractivity contribution is 6.05. The van der Waals surface area contributed by atoms with E-state index < -0.39 is 0 Å². The molecule has 1 saturated heterocycles. The Morgan fingerprint density at radius 2 is 2.21 bits per heavy atom. The Hall–Kier alpha value is -2.84. The molecule has 2 N–H and O–H groups in total. The van der Waals surface area contributed by atoms with E-state index in [0.717, 1.165) is 31.3 Å². The van der Waals surface area contributed by atoms with Crippen LogP contribution in [-0.4, -0.2) is 44.8 Å². The molecule has 4 heterocycles. The average molecular weight is 381 g/mol. The SMILES string of the molecule is C[C@H](COC1CCCCO1)n1ccc2cnc(C(=O)c3ccc(N)cn3)nc21. The molecular formula is C20H23N5O3. The van der Waals surface area contributed by atoms with Crippen molar-refractivity contribution in [3.63, 3.8) is 0 Å². The lowest BCUT2D eigenvalue weighted by atomic mass is 10.2. The summed E-state index contributed by atoms with van der Waals surface area (Å²) in [6.07, 6.45) is 8.04. The van der Waals surface area contributed by atoms with Crippen LogP contribution in [0.25, 0.3) is 11.0 Å². The number of fused-ring (bicyclic) bond motifs is 1. The van der Waals surface area contributed by atoms with E-state index in [4.69, 9.17) is 15.2 Å². The summed E-state index contributed by atoms with van der Waals surface area (Å²) in [7, 11) is 0. The number of pyridine rings is 1. The second kappa shape index (κ2) is 8.04. The molecule has 8 heteroatoms. The molecule has 3 aromatic heterocycles. The van der Waals surface area contributed by atoms with Crippen molar-refractivity contribution in [2.45, 2.75) is 38.5 Å². The summed E-state index contributed by atoms with van der Waals surface area (Å²) in [6, 6.07) is 5.17. The molecule has 0 aliphatic carbocycles. The van der Waals surface area contributed by atoms with Crippen molar-refractivity contribution < 1.29 is 14.3 Å². The predicted molar refractivity (Wildman–Crippen MR) is 104 cm³/mol. The first-order chi connectivity index (χ1) is 13.6. The van der Waals surface area contributed by atoms with Gasteiger partial charge in [-0.25, -0.2) is 9.97 Å². The van der Waals surface area contributed by atoms with Crippen LogP contribution in [0.5, 0.6) is 0 Å². The molecule has 0 amide bonds. The van der Waals surface area contributed by atoms with Crippen LogP contribution in [-0.2, 0) is 9.47 Å². The minimum absolute atomic E-state index is 0.0375. The van der Waals surface area contributed by atoms with Crippen molar-refractivity contribution in [1.82, 2.24) is 19.5 Å². The van der Waals surface area contributed by atoms with E-state index in [1.807, 2.05) is 23.8 Å². The minimum atomic E-state index is -0.339. The number of nitrogen functional groups attached to an aromatic ring is 1. The van der Waals surface area contributed by atoms with Gasteiger partial charge < -0.3 is 19.8 Å². The Kier molecular flexibility index (Phi) is 5.31. The standard InChI is InChI=1S/C20H23N5O3/c1-13(12-28-17-4-2-3-9-27-17)25-8-7-14-10-23-19(24-20(14)25)18(26)16-6-5-15(21)11-22-16/h5-8,10-11,13,17H,2-4,9,12,21H2,1H3/t13-,17?/m1/s1. The Morgan fingerprint density at radius 1 is 1.32 bits per heavy atom. The third-order valence-corrected chi connectivity index (χ3v) is 4.81. The number of rotatable bonds is 6. The van der Waals surface area contributed by atoms with Gasteiger partial charge in [-0.1, -0.05) is 0 Å². The molecule has 4 rings (SSSR count). The van der Waals surface area contributed by atoms with Gasteiger partial charge in [-0.3, -0.25) is 9.78 Å². The van der Waals surface area contributed by atoms with Crippen molar-refractivity contribution in [1.29, 1.82) is 0 Å². The molecule has 0 radical (unpaired) electrons. The van der Waals surface area contributed by atoms with E-state index in [9.17, 15) is 4.79 Å². The number of nitrogens with zero attached hydrogens (tertiary/aromatic N) is 4. The van der Waals surface area contributed by atoms with Gasteiger partial charge in [0.15, 0.2) is 6.29 Å². The summed E-state index contributed by atoms with van der Waals surface area (Å²) in [5.41, 5.74) is 7.08. The van der Waals surface area contributed by atoms with Crippen LogP contribution in [0.15, 0.2) is 36.8 Å². The van der Waals surface area contributed by atoms with Crippen LogP contribution in [0, 0.1) is 0 Å². The number of carbonyl (C=O) groups is 1. The molecule has 1 unspecified atom stereocenters. The summed E-state index contributed by atoms with van der Waals surface area (Å²) >= 11 is 0. The second-order valence-corrected chi connectivity index (χ2v) is 6.98. The maximum Gasteiger partial charge on any atom is 0.248 e. The largest absolute Gasteiger partial charge is 0.397 e. The molecular weight excluding hydrogens is 358 g/mol. The topological polar surface area (TPSA) is 105 Å². The second-order valence-electron chi connectivity index (χ2n) is 6.98. The van der Waals surface area contributed by atoms with Crippen molar-refractivity contribution in [3.05, 3.63) is 48.3 Å². The first kappa shape index (κ1) is 18.5. The molecule has 0 bridgehead atoms. The summed E-state index contributed by atoms with van der Waals surface area (Å²) in [5.74, 6) is -0.234. The van der Waals surface area contributed by atoms with Gasteiger partial charge in [-0.05, 0) is 44.4 Å². The smallest absolute Gasteiger partial charge is 0.248 e. The van der Waals surface area contributed by atoms with Crippen molar-refractivity contribution in [3.8, 4) is 0 Å². The van der Waals surface area contributed by atoms with Crippen LogP contribution < -0.4 is 5.73 Å². The molecule has 8 nitrogen and oxygen atoms in total. The lowest BCUT2D eigenvalue weighted by Crippen LogP contribution is -2.25. The molecule has 1 aliphatic rings. The number of ketones is 1. The quantitative estimate of drug-likeness (QED) is 0.655. The van der Waals surface area contributed by atoms with E-state index in [2.05, 4.69) is 15.0 Å². The Morgan fingerprint density at radius 3 is 2.96 bits per heavy atom. The molecule has 0 saturated carbocycles. The van der Waals surface area contributed by atoms with Crippen LogP contribution in [0.3, 0.4) is 0 Å². The van der Waals surface area contributed by atoms with E-state index in [-0.39, 0.29) is 29.6 Å². The summed E-state index contributed by atoms with van der Waals surface area (Å²) in [5, 5.41) is 0.864. The number of carbonyl (C=O) groups excluding carboxylic acids is 1. The summed E-state index contributed by atoms with van der Waals surface area (Å²) < 4.78 is 13.5. The normalized spacial score (nSPS) is 18.2. The highest BCUT2D eigenvalue weighted by Gasteiger charge is 2.19. The zero-order chi connectivity index (χ0) is 19.5. The van der Waals surface area contributed by atoms with E-state index in [1.54, 1.807) is 18.3 Å². The highest BCUT2D eigenvalue weighted by Crippen LogP contribution is 2.21. The number of aromatic nitrogens is 4. The van der Waals surface area contributed by atoms with E-state index in [1.165, 1.54) is 6.20 Å². The molecule has 2 atom stereocenters. The zero-order valence-corrected chi connectivity index (χ0v) is 15.7. The van der Waals surface area contributed by atoms with Crippen LogP contribution in [0.2, 0.25) is 0 Å². The Balaban J connectivity index is 1.53. The summed E-state index contributed by atoms with van der Waals surface area (Å²) in [6.45, 7) is 3.30. The number of anilines is 1. The first-order valence-electron chi connectivity index (χ1n) is 9.45. The van der Waals surface area contributed by atoms with Gasteiger partial charge in [-0.15, -0.1) is 0 Å². The molecule has 146 valence electrons. The van der Waals surface area contributed by atoms with Crippen LogP contribution >= 0.6 is 0 Å². The first-order valence-corrected chi connectivity index (χ1v) is 9.45. The number of hydrogen-bond acceptors (Lipinski definition) is 7. The third kappa shape index (κ3) is 3.88. The maximum absolute atomic E-state index is 12.7. The molecule has 0 spiro atoms. The van der Waals surface area contributed by atoms with E-state index >= 15 is 0 Å². The number of ether oxygens (including phenoxy) is 2. The van der Waals surface area contributed by atoms with Crippen molar-refractivity contribution in [2.24, 2.45) is 0 Å². The highest BCUT2D eigenvalue weighted by atomic mass is 16.7. The predicted octanol–water partition coefficient (Wildman–Crippen LogP) is 2.74. The lowest BCUT2D eigenvalue weighted by Gasteiger charge is -2.24. The van der Waals surface area contributed by atoms with Crippen molar-refractivity contribution >= 4 is 22.5 Å². The third-order valence-electron chi connectivity index (χ3n) is 4.81. The number of hydrogen-bond donors (Lipinski definition) is 1. The van der Waals surface area contributed by atoms with Crippen molar-refractivity contribution in [2.75, 3.05) is 18.9 Å². The number of nitrogens with two attached hydrogens (primary N) is 1. The minimum Gasteiger partial charge on any atom is -0.397 e. The van der Waals surface area contributed by atoms with Gasteiger partial charge >= 0.3 is 0 Å². The molecule has 28 heavy (non-hydrogen) atoms.